The monoisotopic (exact) mass is 354 g/mol. The minimum Gasteiger partial charge on any atom is -0.334 e. The van der Waals surface area contributed by atoms with Crippen molar-refractivity contribution in [2.75, 3.05) is 5.32 Å². The quantitative estimate of drug-likeness (QED) is 0.784. The zero-order chi connectivity index (χ0) is 18.6. The maximum absolute atomic E-state index is 13.3. The number of nitrogens with zero attached hydrogens (tertiary/aromatic N) is 2. The van der Waals surface area contributed by atoms with E-state index in [9.17, 15) is 9.18 Å². The summed E-state index contributed by atoms with van der Waals surface area (Å²) in [5, 5.41) is 27.0. The second-order valence-electron chi connectivity index (χ2n) is 5.66. The van der Waals surface area contributed by atoms with Crippen LogP contribution in [0, 0.1) is 11.3 Å². The van der Waals surface area contributed by atoms with Gasteiger partial charge in [-0.15, -0.1) is 0 Å². The molecule has 2 aromatic rings. The highest BCUT2D eigenvalue weighted by molar-refractivity contribution is 6.01. The molecule has 1 unspecified atom stereocenters. The summed E-state index contributed by atoms with van der Waals surface area (Å²) in [4.78, 5) is 16.3. The molecule has 0 saturated carbocycles. The van der Waals surface area contributed by atoms with Crippen molar-refractivity contribution in [3.05, 3.63) is 65.2 Å². The normalized spacial score (nSPS) is 18.4. The van der Waals surface area contributed by atoms with Gasteiger partial charge in [0.25, 0.3) is 0 Å². The number of benzene rings is 2. The smallest absolute Gasteiger partial charge is 0.334 e. The number of hydrogen-bond acceptors (Lipinski definition) is 5. The molecule has 132 valence electrons. The number of hydrogen-bond donors (Lipinski definition) is 3. The van der Waals surface area contributed by atoms with E-state index in [2.05, 4.69) is 20.6 Å². The number of carbonyl (C=O) groups is 1. The lowest BCUT2D eigenvalue weighted by Gasteiger charge is -2.10. The number of rotatable bonds is 4. The van der Waals surface area contributed by atoms with E-state index in [4.69, 9.17) is 10.4 Å². The van der Waals surface area contributed by atoms with Gasteiger partial charge in [0.05, 0.1) is 23.4 Å². The summed E-state index contributed by atoms with van der Waals surface area (Å²) in [5.74, 6) is 0. The van der Waals surface area contributed by atoms with Gasteiger partial charge in [-0.25, -0.2) is 4.79 Å². The van der Waals surface area contributed by atoms with Gasteiger partial charge in [-0.2, -0.15) is 9.65 Å². The van der Waals surface area contributed by atoms with Crippen LogP contribution in [-0.2, 0) is 11.4 Å². The Morgan fingerprint density at radius 3 is 2.88 bits per heavy atom. The highest BCUT2D eigenvalue weighted by Gasteiger charge is 2.37. The zero-order valence-corrected chi connectivity index (χ0v) is 13.6. The number of alkyl halides is 1. The van der Waals surface area contributed by atoms with Gasteiger partial charge in [0.2, 0.25) is 0 Å². The highest BCUT2D eigenvalue weighted by Crippen LogP contribution is 2.25. The maximum Gasteiger partial charge on any atom is 0.388 e. The second kappa shape index (κ2) is 7.21. The molecule has 3 N–H and O–H groups in total. The fraction of sp³-hybridized carbons (Fsp3) is 0.167. The number of nitrogens with one attached hydrogen (secondary N) is 2. The van der Waals surface area contributed by atoms with Gasteiger partial charge >= 0.3 is 12.1 Å². The van der Waals surface area contributed by atoms with Crippen LogP contribution in [0.1, 0.15) is 23.1 Å². The first-order valence-electron chi connectivity index (χ1n) is 7.76. The van der Waals surface area contributed by atoms with Crippen LogP contribution in [0.25, 0.3) is 0 Å². The summed E-state index contributed by atoms with van der Waals surface area (Å²) in [6, 6.07) is 12.4. The Kier molecular flexibility index (Phi) is 4.82. The molecule has 3 rings (SSSR count). The summed E-state index contributed by atoms with van der Waals surface area (Å²) < 4.78 is 13.3. The standard InChI is InChI=1S/C18H15FN4O3/c19-18(25)9-16(23-26-18)13-6-3-4-12(8-13)11-21-17(24)22-15-7-2-1-5-14(15)10-20/h1-8,25H,9,11H2,(H2,21,22,24). The van der Waals surface area contributed by atoms with Crippen LogP contribution in [0.15, 0.2) is 53.7 Å². The number of oxime groups is 1. The van der Waals surface area contributed by atoms with Gasteiger partial charge in [-0.05, 0) is 23.8 Å². The number of aliphatic hydroxyl groups is 1. The average molecular weight is 354 g/mol. The third-order valence-electron chi connectivity index (χ3n) is 3.69. The van der Waals surface area contributed by atoms with Crippen LogP contribution >= 0.6 is 0 Å². The summed E-state index contributed by atoms with van der Waals surface area (Å²) in [7, 11) is 0. The number of para-hydroxylation sites is 1. The van der Waals surface area contributed by atoms with Crippen molar-refractivity contribution in [1.29, 1.82) is 5.26 Å². The Morgan fingerprint density at radius 1 is 1.35 bits per heavy atom. The van der Waals surface area contributed by atoms with Crippen LogP contribution in [0.3, 0.4) is 0 Å². The summed E-state index contributed by atoms with van der Waals surface area (Å²) in [6.45, 7) is 0.211. The van der Waals surface area contributed by atoms with E-state index in [0.29, 0.717) is 16.8 Å². The van der Waals surface area contributed by atoms with Crippen molar-refractivity contribution < 1.29 is 19.1 Å². The molecule has 0 fully saturated rings. The van der Waals surface area contributed by atoms with Crippen LogP contribution in [0.4, 0.5) is 14.9 Å². The van der Waals surface area contributed by atoms with Gasteiger partial charge < -0.3 is 20.6 Å². The molecule has 7 nitrogen and oxygen atoms in total. The Hall–Kier alpha value is -3.44. The van der Waals surface area contributed by atoms with Crippen LogP contribution in [-0.4, -0.2) is 22.9 Å². The Balaban J connectivity index is 1.61. The number of urea groups is 1. The minimum atomic E-state index is -2.78. The highest BCUT2D eigenvalue weighted by atomic mass is 19.2. The van der Waals surface area contributed by atoms with Gasteiger partial charge in [-0.3, -0.25) is 0 Å². The number of anilines is 1. The molecule has 0 radical (unpaired) electrons. The first kappa shape index (κ1) is 17.4. The molecule has 8 heteroatoms. The molecule has 1 aliphatic rings. The van der Waals surface area contributed by atoms with Gasteiger partial charge in [0, 0.05) is 12.1 Å². The van der Waals surface area contributed by atoms with Gasteiger partial charge in [0.15, 0.2) is 0 Å². The van der Waals surface area contributed by atoms with Gasteiger partial charge in [0.1, 0.15) is 6.07 Å². The van der Waals surface area contributed by atoms with E-state index < -0.39 is 12.1 Å². The van der Waals surface area contributed by atoms with E-state index in [0.717, 1.165) is 5.56 Å². The molecule has 0 aliphatic carbocycles. The van der Waals surface area contributed by atoms with Crippen molar-refractivity contribution >= 4 is 17.4 Å². The first-order chi connectivity index (χ1) is 12.5. The second-order valence-corrected chi connectivity index (χ2v) is 5.66. The lowest BCUT2D eigenvalue weighted by Crippen LogP contribution is -2.28. The number of amides is 2. The molecular weight excluding hydrogens is 339 g/mol. The van der Waals surface area contributed by atoms with Crippen molar-refractivity contribution in [2.45, 2.75) is 19.0 Å². The fourth-order valence-corrected chi connectivity index (χ4v) is 2.45. The number of carbonyl (C=O) groups excluding carboxylic acids is 1. The molecule has 1 aliphatic heterocycles. The van der Waals surface area contributed by atoms with E-state index >= 15 is 0 Å². The van der Waals surface area contributed by atoms with Gasteiger partial charge in [-0.1, -0.05) is 35.5 Å². The minimum absolute atomic E-state index is 0.211. The molecule has 0 spiro atoms. The largest absolute Gasteiger partial charge is 0.388 e. The van der Waals surface area contributed by atoms with E-state index in [1.807, 2.05) is 6.07 Å². The van der Waals surface area contributed by atoms with Crippen molar-refractivity contribution in [1.82, 2.24) is 5.32 Å². The van der Waals surface area contributed by atoms with Crippen molar-refractivity contribution in [3.63, 3.8) is 0 Å². The van der Waals surface area contributed by atoms with Crippen LogP contribution in [0.2, 0.25) is 0 Å². The summed E-state index contributed by atoms with van der Waals surface area (Å²) >= 11 is 0. The van der Waals surface area contributed by atoms with Crippen molar-refractivity contribution in [3.8, 4) is 6.07 Å². The Bertz CT molecular complexity index is 905. The van der Waals surface area contributed by atoms with Crippen molar-refractivity contribution in [2.24, 2.45) is 5.16 Å². The Labute approximate surface area is 148 Å². The van der Waals surface area contributed by atoms with E-state index in [1.54, 1.807) is 48.5 Å². The summed E-state index contributed by atoms with van der Waals surface area (Å²) in [6.07, 6.45) is -0.366. The SMILES string of the molecule is N#Cc1ccccc1NC(=O)NCc1cccc(C2=NOC(O)(F)C2)c1. The number of halogens is 1. The molecule has 0 aromatic heterocycles. The van der Waals surface area contributed by atoms with E-state index in [1.165, 1.54) is 0 Å². The maximum atomic E-state index is 13.3. The predicted octanol–water partition coefficient (Wildman–Crippen LogP) is 2.62. The van der Waals surface area contributed by atoms with Crippen LogP contribution in [0.5, 0.6) is 0 Å². The molecule has 2 amide bonds. The number of nitriles is 1. The fourth-order valence-electron chi connectivity index (χ4n) is 2.45. The first-order valence-corrected chi connectivity index (χ1v) is 7.76. The molecule has 26 heavy (non-hydrogen) atoms. The third kappa shape index (κ3) is 4.15. The van der Waals surface area contributed by atoms with E-state index in [-0.39, 0.29) is 18.7 Å². The predicted molar refractivity (Wildman–Crippen MR) is 91.8 cm³/mol. The molecule has 2 aromatic carbocycles. The average Bonchev–Trinajstić information content (AvgIpc) is 3.01. The lowest BCUT2D eigenvalue weighted by molar-refractivity contribution is -0.273. The zero-order valence-electron chi connectivity index (χ0n) is 13.6. The molecular formula is C18H15FN4O3. The molecule has 0 saturated heterocycles. The molecule has 1 atom stereocenters. The molecule has 1 heterocycles. The topological polar surface area (TPSA) is 107 Å². The third-order valence-corrected chi connectivity index (χ3v) is 3.69. The van der Waals surface area contributed by atoms with Crippen LogP contribution < -0.4 is 10.6 Å². The molecule has 0 bridgehead atoms. The lowest BCUT2D eigenvalue weighted by atomic mass is 10.0. The summed E-state index contributed by atoms with van der Waals surface area (Å²) in [5.41, 5.74) is 2.41. The Morgan fingerprint density at radius 2 is 2.15 bits per heavy atom.